The lowest BCUT2D eigenvalue weighted by Crippen LogP contribution is -2.38. The van der Waals surface area contributed by atoms with Crippen LogP contribution in [-0.4, -0.2) is 27.5 Å². The van der Waals surface area contributed by atoms with Crippen LogP contribution in [-0.2, 0) is 4.79 Å². The Hall–Kier alpha value is -2.17. The molecule has 2 aromatic rings. The maximum absolute atomic E-state index is 12.5. The van der Waals surface area contributed by atoms with E-state index in [1.165, 1.54) is 6.42 Å². The zero-order valence-electron chi connectivity index (χ0n) is 12.4. The number of rotatable bonds is 3. The number of likely N-dealkylation sites (tertiary alicyclic amines) is 1. The number of carbonyl (C=O) groups excluding carboxylic acids is 1. The second-order valence-electron chi connectivity index (χ2n) is 6.14. The molecule has 114 valence electrons. The van der Waals surface area contributed by atoms with Crippen LogP contribution in [0.1, 0.15) is 44.0 Å². The monoisotopic (exact) mass is 297 g/mol. The van der Waals surface area contributed by atoms with E-state index in [1.807, 2.05) is 35.2 Å². The molecule has 0 bridgehead atoms. The number of hydrogen-bond acceptors (Lipinski definition) is 4. The molecule has 1 aromatic carbocycles. The van der Waals surface area contributed by atoms with Crippen molar-refractivity contribution in [2.45, 2.75) is 38.1 Å². The molecule has 1 aliphatic heterocycles. The fourth-order valence-electron chi connectivity index (χ4n) is 3.25. The average molecular weight is 297 g/mol. The first-order chi connectivity index (χ1) is 10.8. The summed E-state index contributed by atoms with van der Waals surface area (Å²) in [5, 5.41) is 4.08. The molecule has 2 fully saturated rings. The van der Waals surface area contributed by atoms with Crippen LogP contribution in [0.15, 0.2) is 34.9 Å². The van der Waals surface area contributed by atoms with Crippen LogP contribution >= 0.6 is 0 Å². The summed E-state index contributed by atoms with van der Waals surface area (Å²) < 4.78 is 5.46. The third-order valence-electron chi connectivity index (χ3n) is 4.75. The summed E-state index contributed by atoms with van der Waals surface area (Å²) in [6.45, 7) is 0.809. The van der Waals surface area contributed by atoms with Crippen molar-refractivity contribution < 1.29 is 9.32 Å². The number of benzene rings is 1. The second kappa shape index (κ2) is 5.55. The number of carbonyl (C=O) groups is 1. The first-order valence-corrected chi connectivity index (χ1v) is 8.02. The summed E-state index contributed by atoms with van der Waals surface area (Å²) in [6.07, 6.45) is 5.15. The van der Waals surface area contributed by atoms with Crippen molar-refractivity contribution in [1.82, 2.24) is 15.0 Å². The minimum atomic E-state index is -0.0435. The predicted molar refractivity (Wildman–Crippen MR) is 80.8 cm³/mol. The van der Waals surface area contributed by atoms with Gasteiger partial charge in [-0.2, -0.15) is 4.98 Å². The number of hydrogen-bond donors (Lipinski definition) is 0. The Balaban J connectivity index is 1.56. The molecule has 1 amide bonds. The smallest absolute Gasteiger partial charge is 0.249 e. The molecule has 2 heterocycles. The molecule has 4 rings (SSSR count). The van der Waals surface area contributed by atoms with Crippen molar-refractivity contribution in [1.29, 1.82) is 0 Å². The van der Waals surface area contributed by atoms with Crippen LogP contribution in [0.4, 0.5) is 0 Å². The predicted octanol–water partition coefficient (Wildman–Crippen LogP) is 3.20. The van der Waals surface area contributed by atoms with E-state index in [-0.39, 0.29) is 17.9 Å². The van der Waals surface area contributed by atoms with E-state index in [9.17, 15) is 4.79 Å². The Morgan fingerprint density at radius 3 is 2.68 bits per heavy atom. The second-order valence-corrected chi connectivity index (χ2v) is 6.14. The first kappa shape index (κ1) is 13.5. The Kier molecular flexibility index (Phi) is 3.41. The van der Waals surface area contributed by atoms with Crippen molar-refractivity contribution in [2.24, 2.45) is 5.92 Å². The topological polar surface area (TPSA) is 59.2 Å². The highest BCUT2D eigenvalue weighted by Gasteiger charge is 2.38. The molecule has 5 heteroatoms. The molecule has 1 aliphatic carbocycles. The average Bonchev–Trinajstić information content (AvgIpc) is 3.15. The Morgan fingerprint density at radius 2 is 1.95 bits per heavy atom. The summed E-state index contributed by atoms with van der Waals surface area (Å²) in [5.41, 5.74) is 0.937. The van der Waals surface area contributed by atoms with Gasteiger partial charge in [0.2, 0.25) is 17.6 Å². The minimum Gasteiger partial charge on any atom is -0.337 e. The van der Waals surface area contributed by atoms with Crippen LogP contribution in [0.25, 0.3) is 11.4 Å². The minimum absolute atomic E-state index is 0.0435. The molecule has 1 saturated heterocycles. The summed E-state index contributed by atoms with van der Waals surface area (Å²) >= 11 is 0. The zero-order chi connectivity index (χ0) is 14.9. The first-order valence-electron chi connectivity index (χ1n) is 8.02. The lowest BCUT2D eigenvalue weighted by molar-refractivity contribution is -0.139. The van der Waals surface area contributed by atoms with E-state index < -0.39 is 0 Å². The van der Waals surface area contributed by atoms with Crippen molar-refractivity contribution in [3.63, 3.8) is 0 Å². The standard InChI is InChI=1S/C17H19N3O2/c21-17(13-8-4-9-13)20-11-5-10-14(20)16-18-15(19-22-16)12-6-2-1-3-7-12/h1-3,6-7,13-14H,4-5,8-11H2. The summed E-state index contributed by atoms with van der Waals surface area (Å²) in [4.78, 5) is 19.0. The third-order valence-corrected chi connectivity index (χ3v) is 4.75. The van der Waals surface area contributed by atoms with Crippen molar-refractivity contribution in [3.8, 4) is 11.4 Å². The molecule has 0 spiro atoms. The molecule has 0 N–H and O–H groups in total. The van der Waals surface area contributed by atoms with Gasteiger partial charge >= 0.3 is 0 Å². The van der Waals surface area contributed by atoms with Gasteiger partial charge in [-0.3, -0.25) is 4.79 Å². The van der Waals surface area contributed by atoms with Crippen LogP contribution in [0.2, 0.25) is 0 Å². The van der Waals surface area contributed by atoms with E-state index in [0.717, 1.165) is 37.8 Å². The Bertz CT molecular complexity index is 664. The highest BCUT2D eigenvalue weighted by molar-refractivity contribution is 5.80. The van der Waals surface area contributed by atoms with Gasteiger partial charge in [0.1, 0.15) is 6.04 Å². The van der Waals surface area contributed by atoms with Gasteiger partial charge in [-0.25, -0.2) is 0 Å². The van der Waals surface area contributed by atoms with Gasteiger partial charge in [-0.05, 0) is 25.7 Å². The van der Waals surface area contributed by atoms with Crippen LogP contribution in [0.5, 0.6) is 0 Å². The van der Waals surface area contributed by atoms with E-state index in [2.05, 4.69) is 10.1 Å². The lowest BCUT2D eigenvalue weighted by Gasteiger charge is -2.31. The quantitative estimate of drug-likeness (QED) is 0.873. The molecular formula is C17H19N3O2. The fraction of sp³-hybridized carbons (Fsp3) is 0.471. The van der Waals surface area contributed by atoms with Crippen LogP contribution in [0, 0.1) is 5.92 Å². The molecule has 1 saturated carbocycles. The lowest BCUT2D eigenvalue weighted by atomic mass is 9.84. The highest BCUT2D eigenvalue weighted by atomic mass is 16.5. The molecular weight excluding hydrogens is 278 g/mol. The van der Waals surface area contributed by atoms with Gasteiger partial charge in [0.05, 0.1) is 0 Å². The van der Waals surface area contributed by atoms with Crippen molar-refractivity contribution in [3.05, 3.63) is 36.2 Å². The summed E-state index contributed by atoms with van der Waals surface area (Å²) in [6, 6.07) is 9.74. The normalized spacial score (nSPS) is 21.8. The van der Waals surface area contributed by atoms with Gasteiger partial charge in [-0.15, -0.1) is 0 Å². The van der Waals surface area contributed by atoms with Crippen LogP contribution in [0.3, 0.4) is 0 Å². The molecule has 1 unspecified atom stereocenters. The van der Waals surface area contributed by atoms with E-state index >= 15 is 0 Å². The molecule has 2 aliphatic rings. The van der Waals surface area contributed by atoms with Gasteiger partial charge in [0, 0.05) is 18.0 Å². The molecule has 1 aromatic heterocycles. The molecule has 5 nitrogen and oxygen atoms in total. The van der Waals surface area contributed by atoms with E-state index in [1.54, 1.807) is 0 Å². The Labute approximate surface area is 129 Å². The number of amides is 1. The van der Waals surface area contributed by atoms with E-state index in [0.29, 0.717) is 11.7 Å². The largest absolute Gasteiger partial charge is 0.337 e. The van der Waals surface area contributed by atoms with Gasteiger partial charge in [-0.1, -0.05) is 41.9 Å². The van der Waals surface area contributed by atoms with Crippen LogP contribution < -0.4 is 0 Å². The van der Waals surface area contributed by atoms with Gasteiger partial charge < -0.3 is 9.42 Å². The maximum atomic E-state index is 12.5. The van der Waals surface area contributed by atoms with Gasteiger partial charge in [0.25, 0.3) is 0 Å². The van der Waals surface area contributed by atoms with Gasteiger partial charge in [0.15, 0.2) is 0 Å². The molecule has 0 radical (unpaired) electrons. The maximum Gasteiger partial charge on any atom is 0.249 e. The number of nitrogens with zero attached hydrogens (tertiary/aromatic N) is 3. The fourth-order valence-corrected chi connectivity index (χ4v) is 3.25. The summed E-state index contributed by atoms with van der Waals surface area (Å²) in [5.74, 6) is 1.66. The highest BCUT2D eigenvalue weighted by Crippen LogP contribution is 2.37. The van der Waals surface area contributed by atoms with Crippen molar-refractivity contribution >= 4 is 5.91 Å². The Morgan fingerprint density at radius 1 is 1.14 bits per heavy atom. The summed E-state index contributed by atoms with van der Waals surface area (Å²) in [7, 11) is 0. The molecule has 1 atom stereocenters. The molecule has 22 heavy (non-hydrogen) atoms. The van der Waals surface area contributed by atoms with Crippen molar-refractivity contribution in [2.75, 3.05) is 6.54 Å². The third kappa shape index (κ3) is 2.30. The van der Waals surface area contributed by atoms with E-state index in [4.69, 9.17) is 4.52 Å². The zero-order valence-corrected chi connectivity index (χ0v) is 12.4. The number of aromatic nitrogens is 2. The SMILES string of the molecule is O=C(C1CCC1)N1CCCC1c1nc(-c2ccccc2)no1.